The van der Waals surface area contributed by atoms with Crippen molar-refractivity contribution in [1.29, 1.82) is 0 Å². The lowest BCUT2D eigenvalue weighted by Crippen LogP contribution is -1.90. The lowest BCUT2D eigenvalue weighted by atomic mass is 10.4. The van der Waals surface area contributed by atoms with E-state index in [1.165, 1.54) is 18.9 Å². The molecule has 2 rings (SSSR count). The molecule has 2 aromatic rings. The molecule has 0 radical (unpaired) electrons. The van der Waals surface area contributed by atoms with Crippen molar-refractivity contribution < 1.29 is 0 Å². The summed E-state index contributed by atoms with van der Waals surface area (Å²) < 4.78 is 1.30. The molecule has 1 nitrogen and oxygen atoms in total. The highest BCUT2D eigenvalue weighted by Gasteiger charge is 2.01. The molecule has 0 aliphatic heterocycles. The van der Waals surface area contributed by atoms with Gasteiger partial charge in [-0.05, 0) is 42.7 Å². The Balaban J connectivity index is 2.08. The van der Waals surface area contributed by atoms with Gasteiger partial charge in [0.1, 0.15) is 0 Å². The van der Waals surface area contributed by atoms with Gasteiger partial charge in [-0.1, -0.05) is 11.8 Å². The first-order valence-corrected chi connectivity index (χ1v) is 7.78. The first kappa shape index (κ1) is 12.0. The van der Waals surface area contributed by atoms with E-state index in [1.54, 1.807) is 34.9 Å². The summed E-state index contributed by atoms with van der Waals surface area (Å²) in [5.74, 6) is 0. The van der Waals surface area contributed by atoms with Crippen LogP contribution in [0, 0.1) is 0 Å². The Bertz CT molecular complexity index is 448. The third-order valence-electron chi connectivity index (χ3n) is 2.12. The standard InChI is InChI=1S/C12H13NS3/c1-14-9-2-4-10(5-3-9)15-12-7-6-11(8-13)16-12/h2-7H,8,13H2,1H3. The fourth-order valence-corrected chi connectivity index (χ4v) is 3.72. The summed E-state index contributed by atoms with van der Waals surface area (Å²) in [6, 6.07) is 12.9. The first-order chi connectivity index (χ1) is 7.81. The van der Waals surface area contributed by atoms with E-state index < -0.39 is 0 Å². The summed E-state index contributed by atoms with van der Waals surface area (Å²) in [6.45, 7) is 0.636. The summed E-state index contributed by atoms with van der Waals surface area (Å²) in [7, 11) is 0. The number of hydrogen-bond donors (Lipinski definition) is 1. The maximum atomic E-state index is 5.59. The maximum absolute atomic E-state index is 5.59. The van der Waals surface area contributed by atoms with Crippen LogP contribution in [-0.2, 0) is 6.54 Å². The van der Waals surface area contributed by atoms with Crippen LogP contribution in [0.2, 0.25) is 0 Å². The zero-order valence-electron chi connectivity index (χ0n) is 8.97. The van der Waals surface area contributed by atoms with Gasteiger partial charge in [0.05, 0.1) is 4.21 Å². The van der Waals surface area contributed by atoms with Crippen molar-refractivity contribution in [2.45, 2.75) is 20.5 Å². The van der Waals surface area contributed by atoms with Crippen LogP contribution in [0.3, 0.4) is 0 Å². The van der Waals surface area contributed by atoms with Crippen molar-refractivity contribution in [3.63, 3.8) is 0 Å². The average Bonchev–Trinajstić information content (AvgIpc) is 2.78. The van der Waals surface area contributed by atoms with Crippen LogP contribution in [0.15, 0.2) is 50.4 Å². The van der Waals surface area contributed by atoms with Gasteiger partial charge in [-0.15, -0.1) is 23.1 Å². The molecule has 0 aliphatic rings. The molecule has 84 valence electrons. The first-order valence-electron chi connectivity index (χ1n) is 4.92. The molecule has 0 spiro atoms. The van der Waals surface area contributed by atoms with E-state index in [2.05, 4.69) is 42.7 Å². The van der Waals surface area contributed by atoms with Crippen molar-refractivity contribution in [2.24, 2.45) is 5.73 Å². The smallest absolute Gasteiger partial charge is 0.0649 e. The van der Waals surface area contributed by atoms with Gasteiger partial charge >= 0.3 is 0 Å². The minimum absolute atomic E-state index is 0.636. The predicted octanol–water partition coefficient (Wildman–Crippen LogP) is 4.08. The second-order valence-electron chi connectivity index (χ2n) is 3.20. The van der Waals surface area contributed by atoms with Gasteiger partial charge in [-0.2, -0.15) is 0 Å². The Labute approximate surface area is 108 Å². The number of hydrogen-bond acceptors (Lipinski definition) is 4. The molecule has 0 atom stereocenters. The van der Waals surface area contributed by atoms with Gasteiger partial charge in [-0.25, -0.2) is 0 Å². The van der Waals surface area contributed by atoms with Crippen molar-refractivity contribution in [3.8, 4) is 0 Å². The van der Waals surface area contributed by atoms with Gasteiger partial charge in [0, 0.05) is 21.2 Å². The number of thiophene rings is 1. The molecule has 0 unspecified atom stereocenters. The Hall–Kier alpha value is -0.420. The van der Waals surface area contributed by atoms with Gasteiger partial charge in [0.15, 0.2) is 0 Å². The fourth-order valence-electron chi connectivity index (χ4n) is 1.28. The average molecular weight is 267 g/mol. The predicted molar refractivity (Wildman–Crippen MR) is 74.6 cm³/mol. The van der Waals surface area contributed by atoms with E-state index in [0.29, 0.717) is 6.54 Å². The molecule has 0 amide bonds. The van der Waals surface area contributed by atoms with Gasteiger partial charge in [0.25, 0.3) is 0 Å². The minimum Gasteiger partial charge on any atom is -0.326 e. The zero-order chi connectivity index (χ0) is 11.4. The number of nitrogens with two attached hydrogens (primary N) is 1. The summed E-state index contributed by atoms with van der Waals surface area (Å²) in [6.07, 6.45) is 2.09. The second kappa shape index (κ2) is 5.77. The van der Waals surface area contributed by atoms with Crippen molar-refractivity contribution in [2.75, 3.05) is 6.26 Å². The van der Waals surface area contributed by atoms with Crippen LogP contribution in [0.25, 0.3) is 0 Å². The maximum Gasteiger partial charge on any atom is 0.0649 e. The molecule has 2 N–H and O–H groups in total. The minimum atomic E-state index is 0.636. The van der Waals surface area contributed by atoms with Crippen LogP contribution in [0.5, 0.6) is 0 Å². The highest BCUT2D eigenvalue weighted by atomic mass is 32.2. The Morgan fingerprint density at radius 2 is 1.75 bits per heavy atom. The molecule has 0 fully saturated rings. The van der Waals surface area contributed by atoms with Gasteiger partial charge < -0.3 is 5.73 Å². The number of benzene rings is 1. The molecule has 1 aromatic carbocycles. The summed E-state index contributed by atoms with van der Waals surface area (Å²) in [4.78, 5) is 3.82. The van der Waals surface area contributed by atoms with Crippen LogP contribution in [-0.4, -0.2) is 6.26 Å². The number of rotatable bonds is 4. The van der Waals surface area contributed by atoms with Crippen LogP contribution in [0.4, 0.5) is 0 Å². The Morgan fingerprint density at radius 3 is 2.31 bits per heavy atom. The normalized spacial score (nSPS) is 10.6. The third-order valence-corrected chi connectivity index (χ3v) is 5.11. The lowest BCUT2D eigenvalue weighted by molar-refractivity contribution is 1.11. The van der Waals surface area contributed by atoms with E-state index in [-0.39, 0.29) is 0 Å². The Kier molecular flexibility index (Phi) is 4.35. The van der Waals surface area contributed by atoms with Crippen molar-refractivity contribution in [3.05, 3.63) is 41.3 Å². The van der Waals surface area contributed by atoms with E-state index in [4.69, 9.17) is 5.73 Å². The zero-order valence-corrected chi connectivity index (χ0v) is 11.4. The van der Waals surface area contributed by atoms with Crippen molar-refractivity contribution >= 4 is 34.9 Å². The summed E-state index contributed by atoms with van der Waals surface area (Å²) in [5.41, 5.74) is 5.59. The lowest BCUT2D eigenvalue weighted by Gasteiger charge is -2.00. The van der Waals surface area contributed by atoms with Crippen molar-refractivity contribution in [1.82, 2.24) is 0 Å². The van der Waals surface area contributed by atoms with E-state index >= 15 is 0 Å². The van der Waals surface area contributed by atoms with E-state index in [1.807, 2.05) is 0 Å². The fraction of sp³-hybridized carbons (Fsp3) is 0.167. The van der Waals surface area contributed by atoms with Crippen LogP contribution < -0.4 is 5.73 Å². The largest absolute Gasteiger partial charge is 0.326 e. The monoisotopic (exact) mass is 267 g/mol. The van der Waals surface area contributed by atoms with E-state index in [9.17, 15) is 0 Å². The molecule has 1 heterocycles. The molecule has 1 aromatic heterocycles. The molecule has 0 saturated heterocycles. The quantitative estimate of drug-likeness (QED) is 0.845. The van der Waals surface area contributed by atoms with Crippen LogP contribution >= 0.6 is 34.9 Å². The highest BCUT2D eigenvalue weighted by molar-refractivity contribution is 8.01. The second-order valence-corrected chi connectivity index (χ2v) is 6.62. The van der Waals surface area contributed by atoms with Crippen LogP contribution in [0.1, 0.15) is 4.88 Å². The third kappa shape index (κ3) is 3.04. The molecule has 4 heteroatoms. The Morgan fingerprint density at radius 1 is 1.06 bits per heavy atom. The molecule has 16 heavy (non-hydrogen) atoms. The topological polar surface area (TPSA) is 26.0 Å². The molecular formula is C12H13NS3. The summed E-state index contributed by atoms with van der Waals surface area (Å²) in [5, 5.41) is 0. The number of thioether (sulfide) groups is 1. The van der Waals surface area contributed by atoms with E-state index in [0.717, 1.165) is 0 Å². The summed E-state index contributed by atoms with van der Waals surface area (Å²) >= 11 is 5.34. The van der Waals surface area contributed by atoms with Gasteiger partial charge in [-0.3, -0.25) is 0 Å². The highest BCUT2D eigenvalue weighted by Crippen LogP contribution is 2.33. The SMILES string of the molecule is CSc1ccc(Sc2ccc(CN)s2)cc1. The molecular weight excluding hydrogens is 254 g/mol. The molecule has 0 aliphatic carbocycles. The molecule has 0 saturated carbocycles. The van der Waals surface area contributed by atoms with Gasteiger partial charge in [0.2, 0.25) is 0 Å². The molecule has 0 bridgehead atoms.